The van der Waals surface area contributed by atoms with Gasteiger partial charge in [0.15, 0.2) is 0 Å². The molecular formula is C16H28N4O3. The molecule has 0 aliphatic carbocycles. The van der Waals surface area contributed by atoms with Crippen molar-refractivity contribution in [2.45, 2.75) is 25.3 Å². The lowest BCUT2D eigenvalue weighted by atomic mass is 10.2. The SMILES string of the molecule is O=C(CN1CCCN(C(=O)C2COCCN2)CC1)N1CCCC1. The maximum atomic E-state index is 12.5. The lowest BCUT2D eigenvalue weighted by Crippen LogP contribution is -2.53. The summed E-state index contributed by atoms with van der Waals surface area (Å²) in [5, 5.41) is 3.23. The molecule has 23 heavy (non-hydrogen) atoms. The van der Waals surface area contributed by atoms with E-state index in [2.05, 4.69) is 10.2 Å². The third-order valence-electron chi connectivity index (χ3n) is 4.94. The number of carbonyl (C=O) groups excluding carboxylic acids is 2. The molecule has 3 heterocycles. The van der Waals surface area contributed by atoms with E-state index in [1.807, 2.05) is 9.80 Å². The van der Waals surface area contributed by atoms with Crippen molar-refractivity contribution in [1.82, 2.24) is 20.0 Å². The highest BCUT2D eigenvalue weighted by atomic mass is 16.5. The second-order valence-electron chi connectivity index (χ2n) is 6.62. The number of likely N-dealkylation sites (tertiary alicyclic amines) is 1. The number of morpholine rings is 1. The molecule has 1 N–H and O–H groups in total. The van der Waals surface area contributed by atoms with Crippen molar-refractivity contribution < 1.29 is 14.3 Å². The smallest absolute Gasteiger partial charge is 0.242 e. The Hall–Kier alpha value is -1.18. The summed E-state index contributed by atoms with van der Waals surface area (Å²) < 4.78 is 5.39. The summed E-state index contributed by atoms with van der Waals surface area (Å²) >= 11 is 0. The van der Waals surface area contributed by atoms with Crippen molar-refractivity contribution >= 4 is 11.8 Å². The van der Waals surface area contributed by atoms with Gasteiger partial charge in [-0.3, -0.25) is 14.5 Å². The van der Waals surface area contributed by atoms with Crippen molar-refractivity contribution in [3.8, 4) is 0 Å². The van der Waals surface area contributed by atoms with Crippen LogP contribution in [0, 0.1) is 0 Å². The lowest BCUT2D eigenvalue weighted by molar-refractivity contribution is -0.136. The monoisotopic (exact) mass is 324 g/mol. The Kier molecular flexibility index (Phi) is 5.85. The summed E-state index contributed by atoms with van der Waals surface area (Å²) in [4.78, 5) is 30.9. The van der Waals surface area contributed by atoms with Crippen LogP contribution in [-0.4, -0.2) is 98.1 Å². The van der Waals surface area contributed by atoms with Gasteiger partial charge in [0.05, 0.1) is 19.8 Å². The van der Waals surface area contributed by atoms with E-state index >= 15 is 0 Å². The summed E-state index contributed by atoms with van der Waals surface area (Å²) in [5.74, 6) is 0.377. The molecule has 0 aromatic rings. The fourth-order valence-corrected chi connectivity index (χ4v) is 3.55. The van der Waals surface area contributed by atoms with Gasteiger partial charge in [-0.25, -0.2) is 0 Å². The molecule has 0 spiro atoms. The average Bonchev–Trinajstić information content (AvgIpc) is 3.03. The number of nitrogens with zero attached hydrogens (tertiary/aromatic N) is 3. The van der Waals surface area contributed by atoms with Crippen LogP contribution in [0.3, 0.4) is 0 Å². The summed E-state index contributed by atoms with van der Waals surface area (Å²) in [7, 11) is 0. The fraction of sp³-hybridized carbons (Fsp3) is 0.875. The Morgan fingerprint density at radius 3 is 2.48 bits per heavy atom. The fourth-order valence-electron chi connectivity index (χ4n) is 3.55. The van der Waals surface area contributed by atoms with Gasteiger partial charge >= 0.3 is 0 Å². The second kappa shape index (κ2) is 8.08. The highest BCUT2D eigenvalue weighted by Gasteiger charge is 2.28. The van der Waals surface area contributed by atoms with Crippen LogP contribution in [0.15, 0.2) is 0 Å². The van der Waals surface area contributed by atoms with E-state index in [1.165, 1.54) is 0 Å². The van der Waals surface area contributed by atoms with Gasteiger partial charge in [0.2, 0.25) is 11.8 Å². The second-order valence-corrected chi connectivity index (χ2v) is 6.62. The molecule has 3 rings (SSSR count). The Morgan fingerprint density at radius 2 is 1.74 bits per heavy atom. The molecule has 1 atom stereocenters. The molecule has 130 valence electrons. The summed E-state index contributed by atoms with van der Waals surface area (Å²) in [6.45, 7) is 7.32. The third-order valence-corrected chi connectivity index (χ3v) is 4.94. The molecule has 1 unspecified atom stereocenters. The Balaban J connectivity index is 1.46. The highest BCUT2D eigenvalue weighted by Crippen LogP contribution is 2.10. The number of rotatable bonds is 3. The summed E-state index contributed by atoms with van der Waals surface area (Å²) in [5.41, 5.74) is 0. The molecule has 0 saturated carbocycles. The van der Waals surface area contributed by atoms with Crippen molar-refractivity contribution in [2.75, 3.05) is 65.6 Å². The van der Waals surface area contributed by atoms with E-state index < -0.39 is 0 Å². The van der Waals surface area contributed by atoms with Crippen LogP contribution in [-0.2, 0) is 14.3 Å². The molecule has 0 bridgehead atoms. The first-order valence-corrected chi connectivity index (χ1v) is 8.84. The van der Waals surface area contributed by atoms with Crippen molar-refractivity contribution in [3.63, 3.8) is 0 Å². The van der Waals surface area contributed by atoms with Gasteiger partial charge in [0.25, 0.3) is 0 Å². The number of hydrogen-bond donors (Lipinski definition) is 1. The predicted molar refractivity (Wildman–Crippen MR) is 86.1 cm³/mol. The Morgan fingerprint density at radius 1 is 0.957 bits per heavy atom. The molecule has 3 aliphatic rings. The minimum atomic E-state index is -0.207. The standard InChI is InChI=1S/C16H28N4O3/c21-15(19-6-1-2-7-19)12-18-5-3-8-20(10-9-18)16(22)14-13-23-11-4-17-14/h14,17H,1-13H2. The summed E-state index contributed by atoms with van der Waals surface area (Å²) in [6, 6.07) is -0.207. The molecule has 7 nitrogen and oxygen atoms in total. The van der Waals surface area contributed by atoms with Gasteiger partial charge in [-0.2, -0.15) is 0 Å². The number of ether oxygens (including phenoxy) is 1. The first kappa shape index (κ1) is 16.7. The lowest BCUT2D eigenvalue weighted by Gasteiger charge is -2.29. The first-order valence-electron chi connectivity index (χ1n) is 8.84. The number of hydrogen-bond acceptors (Lipinski definition) is 5. The maximum absolute atomic E-state index is 12.5. The van der Waals surface area contributed by atoms with Gasteiger partial charge in [-0.15, -0.1) is 0 Å². The van der Waals surface area contributed by atoms with Gasteiger partial charge in [-0.05, 0) is 19.3 Å². The van der Waals surface area contributed by atoms with Gasteiger partial charge in [-0.1, -0.05) is 0 Å². The molecule has 0 aromatic carbocycles. The molecule has 2 amide bonds. The topological polar surface area (TPSA) is 65.1 Å². The van der Waals surface area contributed by atoms with Crippen LogP contribution in [0.1, 0.15) is 19.3 Å². The zero-order valence-corrected chi connectivity index (χ0v) is 13.8. The van der Waals surface area contributed by atoms with Crippen LogP contribution < -0.4 is 5.32 Å². The largest absolute Gasteiger partial charge is 0.378 e. The van der Waals surface area contributed by atoms with E-state index in [9.17, 15) is 9.59 Å². The minimum absolute atomic E-state index is 0.136. The van der Waals surface area contributed by atoms with Crippen LogP contribution in [0.25, 0.3) is 0 Å². The Bertz CT molecular complexity index is 420. The van der Waals surface area contributed by atoms with E-state index in [0.29, 0.717) is 26.3 Å². The van der Waals surface area contributed by atoms with E-state index in [0.717, 1.165) is 58.5 Å². The van der Waals surface area contributed by atoms with Crippen molar-refractivity contribution in [1.29, 1.82) is 0 Å². The van der Waals surface area contributed by atoms with Crippen molar-refractivity contribution in [2.24, 2.45) is 0 Å². The third kappa shape index (κ3) is 4.43. The number of carbonyl (C=O) groups is 2. The summed E-state index contributed by atoms with van der Waals surface area (Å²) in [6.07, 6.45) is 3.18. The highest BCUT2D eigenvalue weighted by molar-refractivity contribution is 5.82. The van der Waals surface area contributed by atoms with Crippen LogP contribution in [0.4, 0.5) is 0 Å². The van der Waals surface area contributed by atoms with Crippen LogP contribution in [0.5, 0.6) is 0 Å². The molecule has 0 radical (unpaired) electrons. The van der Waals surface area contributed by atoms with Crippen LogP contribution >= 0.6 is 0 Å². The van der Waals surface area contributed by atoms with E-state index in [-0.39, 0.29) is 17.9 Å². The predicted octanol–water partition coefficient (Wildman–Crippen LogP) is -0.868. The van der Waals surface area contributed by atoms with Gasteiger partial charge in [0, 0.05) is 45.8 Å². The zero-order chi connectivity index (χ0) is 16.1. The van der Waals surface area contributed by atoms with Crippen molar-refractivity contribution in [3.05, 3.63) is 0 Å². The zero-order valence-electron chi connectivity index (χ0n) is 13.8. The quantitative estimate of drug-likeness (QED) is 0.731. The van der Waals surface area contributed by atoms with Crippen LogP contribution in [0.2, 0.25) is 0 Å². The molecule has 3 aliphatic heterocycles. The maximum Gasteiger partial charge on any atom is 0.242 e. The Labute approximate surface area is 137 Å². The van der Waals surface area contributed by atoms with E-state index in [1.54, 1.807) is 0 Å². The molecule has 7 heteroatoms. The van der Waals surface area contributed by atoms with Gasteiger partial charge < -0.3 is 19.9 Å². The molecular weight excluding hydrogens is 296 g/mol. The first-order chi connectivity index (χ1) is 11.2. The number of amides is 2. The van der Waals surface area contributed by atoms with Gasteiger partial charge in [0.1, 0.15) is 6.04 Å². The normalized spacial score (nSPS) is 27.0. The number of nitrogens with one attached hydrogen (secondary N) is 1. The minimum Gasteiger partial charge on any atom is -0.378 e. The molecule has 3 saturated heterocycles. The molecule has 3 fully saturated rings. The average molecular weight is 324 g/mol. The molecule has 0 aromatic heterocycles. The van der Waals surface area contributed by atoms with E-state index in [4.69, 9.17) is 4.74 Å².